The molecule has 0 atom stereocenters. The predicted molar refractivity (Wildman–Crippen MR) is 110 cm³/mol. The summed E-state index contributed by atoms with van der Waals surface area (Å²) in [5.74, 6) is -0.139. The number of hydrogen-bond acceptors (Lipinski definition) is 7. The summed E-state index contributed by atoms with van der Waals surface area (Å²) in [5.41, 5.74) is 0.651. The number of anilines is 1. The highest BCUT2D eigenvalue weighted by Gasteiger charge is 2.27. The average molecular weight is 420 g/mol. The maximum Gasteiger partial charge on any atom is 0.341 e. The van der Waals surface area contributed by atoms with Crippen LogP contribution in [0.1, 0.15) is 32.5 Å². The molecule has 1 N–H and O–H groups in total. The molecule has 29 heavy (non-hydrogen) atoms. The van der Waals surface area contributed by atoms with Crippen LogP contribution in [0, 0.1) is 6.92 Å². The Labute approximate surface area is 173 Å². The van der Waals surface area contributed by atoms with Gasteiger partial charge in [-0.15, -0.1) is 11.3 Å². The lowest BCUT2D eigenvalue weighted by molar-refractivity contribution is -0.118. The second-order valence-electron chi connectivity index (χ2n) is 6.19. The molecule has 2 rings (SSSR count). The number of methoxy groups -OCH3 is 1. The number of hydrogen-bond donors (Lipinski definition) is 1. The summed E-state index contributed by atoms with van der Waals surface area (Å²) in [6.45, 7) is 3.26. The maximum atomic E-state index is 12.4. The van der Waals surface area contributed by atoms with Crippen LogP contribution in [-0.4, -0.2) is 57.1 Å². The Morgan fingerprint density at radius 2 is 1.72 bits per heavy atom. The minimum atomic E-state index is -0.592. The fourth-order valence-electron chi connectivity index (χ4n) is 2.44. The first kappa shape index (κ1) is 22.2. The topological polar surface area (TPSA) is 94.2 Å². The number of nitrogens with zero attached hydrogens (tertiary/aromatic N) is 1. The van der Waals surface area contributed by atoms with Crippen molar-refractivity contribution in [2.75, 3.05) is 39.7 Å². The molecule has 1 heterocycles. The molecule has 0 aliphatic carbocycles. The van der Waals surface area contributed by atoms with Gasteiger partial charge in [0.05, 0.1) is 24.2 Å². The third-order valence-corrected chi connectivity index (χ3v) is 5.10. The van der Waals surface area contributed by atoms with Crippen LogP contribution in [0.2, 0.25) is 0 Å². The van der Waals surface area contributed by atoms with Gasteiger partial charge in [-0.25, -0.2) is 4.79 Å². The van der Waals surface area contributed by atoms with Crippen LogP contribution in [0.4, 0.5) is 5.00 Å². The van der Waals surface area contributed by atoms with Crippen molar-refractivity contribution in [2.24, 2.45) is 0 Å². The summed E-state index contributed by atoms with van der Waals surface area (Å²) in [7, 11) is 4.79. The molecule has 0 bridgehead atoms. The molecule has 9 heteroatoms. The molecular formula is C20H24N2O6S. The number of ether oxygens (including phenoxy) is 3. The van der Waals surface area contributed by atoms with Gasteiger partial charge in [0.25, 0.3) is 11.8 Å². The van der Waals surface area contributed by atoms with Crippen molar-refractivity contribution in [1.29, 1.82) is 0 Å². The van der Waals surface area contributed by atoms with Gasteiger partial charge in [0.15, 0.2) is 6.61 Å². The number of rotatable bonds is 8. The zero-order chi connectivity index (χ0) is 21.6. The van der Waals surface area contributed by atoms with Gasteiger partial charge in [0, 0.05) is 14.1 Å². The van der Waals surface area contributed by atoms with Crippen LogP contribution < -0.4 is 14.8 Å². The Balaban J connectivity index is 2.18. The minimum Gasteiger partial charge on any atom is -0.497 e. The second kappa shape index (κ2) is 9.92. The number of benzene rings is 1. The van der Waals surface area contributed by atoms with E-state index in [9.17, 15) is 14.4 Å². The standard InChI is InChI=1S/C20H24N2O6S/c1-6-27-20(25)16-12(2)17(19(24)22(3)4)29-18(16)21-15(23)11-28-14-9-7-13(26-5)8-10-14/h7-10H,6,11H2,1-5H3,(H,21,23). The first-order chi connectivity index (χ1) is 13.8. The quantitative estimate of drug-likeness (QED) is 0.660. The van der Waals surface area contributed by atoms with Crippen LogP contribution in [0.25, 0.3) is 0 Å². The van der Waals surface area contributed by atoms with Gasteiger partial charge >= 0.3 is 5.97 Å². The van der Waals surface area contributed by atoms with Crippen LogP contribution >= 0.6 is 11.3 Å². The number of esters is 1. The summed E-state index contributed by atoms with van der Waals surface area (Å²) in [4.78, 5) is 38.9. The predicted octanol–water partition coefficient (Wildman–Crippen LogP) is 2.96. The molecule has 8 nitrogen and oxygen atoms in total. The van der Waals surface area contributed by atoms with Crippen LogP contribution in [0.3, 0.4) is 0 Å². The van der Waals surface area contributed by atoms with Gasteiger partial charge < -0.3 is 24.4 Å². The van der Waals surface area contributed by atoms with Crippen molar-refractivity contribution in [3.63, 3.8) is 0 Å². The van der Waals surface area contributed by atoms with E-state index in [4.69, 9.17) is 14.2 Å². The minimum absolute atomic E-state index is 0.180. The van der Waals surface area contributed by atoms with Crippen molar-refractivity contribution in [2.45, 2.75) is 13.8 Å². The lowest BCUT2D eigenvalue weighted by atomic mass is 10.1. The van der Waals surface area contributed by atoms with Gasteiger partial charge in [0.1, 0.15) is 16.5 Å². The van der Waals surface area contributed by atoms with Crippen molar-refractivity contribution in [1.82, 2.24) is 4.90 Å². The molecule has 0 saturated carbocycles. The molecule has 156 valence electrons. The van der Waals surface area contributed by atoms with Gasteiger partial charge in [0.2, 0.25) is 0 Å². The number of amides is 2. The normalized spacial score (nSPS) is 10.2. The van der Waals surface area contributed by atoms with Crippen LogP contribution in [-0.2, 0) is 9.53 Å². The van der Waals surface area contributed by atoms with E-state index in [1.165, 1.54) is 4.90 Å². The van der Waals surface area contributed by atoms with E-state index in [1.807, 2.05) is 0 Å². The molecule has 2 aromatic rings. The molecule has 0 radical (unpaired) electrons. The molecule has 1 aromatic carbocycles. The number of carbonyl (C=O) groups is 3. The zero-order valence-corrected chi connectivity index (χ0v) is 17.8. The SMILES string of the molecule is CCOC(=O)c1c(NC(=O)COc2ccc(OC)cc2)sc(C(=O)N(C)C)c1C. The number of carbonyl (C=O) groups excluding carboxylic acids is 3. The fraction of sp³-hybridized carbons (Fsp3) is 0.350. The van der Waals surface area contributed by atoms with E-state index in [0.29, 0.717) is 21.9 Å². The Bertz CT molecular complexity index is 889. The van der Waals surface area contributed by atoms with Crippen LogP contribution in [0.5, 0.6) is 11.5 Å². The van der Waals surface area contributed by atoms with E-state index >= 15 is 0 Å². The number of thiophene rings is 1. The highest BCUT2D eigenvalue weighted by Crippen LogP contribution is 2.34. The van der Waals surface area contributed by atoms with Crippen LogP contribution in [0.15, 0.2) is 24.3 Å². The largest absolute Gasteiger partial charge is 0.497 e. The fourth-order valence-corrected chi connectivity index (χ4v) is 3.67. The van der Waals surface area contributed by atoms with E-state index in [1.54, 1.807) is 59.3 Å². The zero-order valence-electron chi connectivity index (χ0n) is 17.0. The smallest absolute Gasteiger partial charge is 0.341 e. The molecular weight excluding hydrogens is 396 g/mol. The molecule has 0 fully saturated rings. The van der Waals surface area contributed by atoms with Gasteiger partial charge in [-0.05, 0) is 43.7 Å². The Kier molecular flexibility index (Phi) is 7.60. The van der Waals surface area contributed by atoms with Gasteiger partial charge in [-0.3, -0.25) is 9.59 Å². The molecule has 0 aliphatic rings. The summed E-state index contributed by atoms with van der Waals surface area (Å²) in [6, 6.07) is 6.79. The highest BCUT2D eigenvalue weighted by molar-refractivity contribution is 7.18. The molecule has 0 spiro atoms. The van der Waals surface area contributed by atoms with E-state index in [-0.39, 0.29) is 29.7 Å². The maximum absolute atomic E-state index is 12.4. The lowest BCUT2D eigenvalue weighted by Crippen LogP contribution is -2.21. The summed E-state index contributed by atoms with van der Waals surface area (Å²) < 4.78 is 15.6. The highest BCUT2D eigenvalue weighted by atomic mass is 32.1. The second-order valence-corrected chi connectivity index (χ2v) is 7.21. The Morgan fingerprint density at radius 1 is 1.10 bits per heavy atom. The van der Waals surface area contributed by atoms with Gasteiger partial charge in [-0.1, -0.05) is 0 Å². The first-order valence-corrected chi connectivity index (χ1v) is 9.69. The summed E-state index contributed by atoms with van der Waals surface area (Å²) in [5, 5.41) is 2.91. The summed E-state index contributed by atoms with van der Waals surface area (Å²) in [6.07, 6.45) is 0. The van der Waals surface area contributed by atoms with Crippen molar-refractivity contribution in [3.8, 4) is 11.5 Å². The molecule has 0 aliphatic heterocycles. The Hall–Kier alpha value is -3.07. The van der Waals surface area contributed by atoms with Crippen molar-refractivity contribution < 1.29 is 28.6 Å². The summed E-state index contributed by atoms with van der Waals surface area (Å²) >= 11 is 1.04. The van der Waals surface area contributed by atoms with Gasteiger partial charge in [-0.2, -0.15) is 0 Å². The molecule has 0 saturated heterocycles. The van der Waals surface area contributed by atoms with Crippen molar-refractivity contribution >= 4 is 34.1 Å². The molecule has 0 unspecified atom stereocenters. The third kappa shape index (κ3) is 5.47. The van der Waals surface area contributed by atoms with E-state index < -0.39 is 11.9 Å². The van der Waals surface area contributed by atoms with E-state index in [2.05, 4.69) is 5.32 Å². The van der Waals surface area contributed by atoms with Crippen molar-refractivity contribution in [3.05, 3.63) is 40.3 Å². The third-order valence-electron chi connectivity index (χ3n) is 3.91. The monoisotopic (exact) mass is 420 g/mol. The molecule has 1 aromatic heterocycles. The average Bonchev–Trinajstić information content (AvgIpc) is 3.01. The Morgan fingerprint density at radius 3 is 2.28 bits per heavy atom. The number of nitrogens with one attached hydrogen (secondary N) is 1. The van der Waals surface area contributed by atoms with E-state index in [0.717, 1.165) is 11.3 Å². The lowest BCUT2D eigenvalue weighted by Gasteiger charge is -2.09. The first-order valence-electron chi connectivity index (χ1n) is 8.87. The molecule has 2 amide bonds.